The summed E-state index contributed by atoms with van der Waals surface area (Å²) in [5.41, 5.74) is 3.69. The van der Waals surface area contributed by atoms with Gasteiger partial charge in [0.05, 0.1) is 6.04 Å². The molecule has 0 aliphatic carbocycles. The monoisotopic (exact) mass is 870 g/mol. The van der Waals surface area contributed by atoms with Crippen LogP contribution in [-0.4, -0.2) is 60.9 Å². The molecule has 0 aromatic heterocycles. The van der Waals surface area contributed by atoms with Crippen LogP contribution in [0.4, 0.5) is 8.78 Å². The molecule has 2 N–H and O–H groups in total. The summed E-state index contributed by atoms with van der Waals surface area (Å²) in [4.78, 5) is 31.2. The third-order valence-corrected chi connectivity index (χ3v) is 14.4. The van der Waals surface area contributed by atoms with E-state index in [0.29, 0.717) is 28.2 Å². The summed E-state index contributed by atoms with van der Waals surface area (Å²) in [5.74, 6) is -0.295. The van der Waals surface area contributed by atoms with Crippen LogP contribution in [0.15, 0.2) is 103 Å². The number of nitrogens with one attached hydrogen (secondary N) is 2. The number of benzene rings is 5. The molecule has 4 aliphatic heterocycles. The van der Waals surface area contributed by atoms with Crippen molar-refractivity contribution in [1.82, 2.24) is 20.4 Å². The Balaban J connectivity index is 0.000000168. The Labute approximate surface area is 366 Å². The molecule has 4 aliphatic rings. The minimum atomic E-state index is -0.249. The topological polar surface area (TPSA) is 64.7 Å². The van der Waals surface area contributed by atoms with Gasteiger partial charge in [-0.15, -0.1) is 0 Å². The predicted molar refractivity (Wildman–Crippen MR) is 238 cm³/mol. The lowest BCUT2D eigenvalue weighted by Gasteiger charge is -2.42. The van der Waals surface area contributed by atoms with E-state index in [-0.39, 0.29) is 52.2 Å². The molecule has 2 unspecified atom stereocenters. The van der Waals surface area contributed by atoms with E-state index in [9.17, 15) is 18.4 Å². The van der Waals surface area contributed by atoms with Crippen LogP contribution in [0.25, 0.3) is 10.8 Å². The Kier molecular flexibility index (Phi) is 12.9. The van der Waals surface area contributed by atoms with E-state index in [2.05, 4.69) is 29.7 Å². The molecule has 4 fully saturated rings. The van der Waals surface area contributed by atoms with Crippen LogP contribution in [0.1, 0.15) is 73.7 Å². The molecule has 4 saturated heterocycles. The maximum Gasteiger partial charge on any atom is 0.227 e. The average Bonchev–Trinajstić information content (AvgIpc) is 3.82. The quantitative estimate of drug-likeness (QED) is 0.163. The molecule has 0 bridgehead atoms. The van der Waals surface area contributed by atoms with E-state index in [1.165, 1.54) is 24.3 Å². The third kappa shape index (κ3) is 8.56. The number of carbonyl (C=O) groups excluding carboxylic acids is 2. The summed E-state index contributed by atoms with van der Waals surface area (Å²) < 4.78 is 27.1. The van der Waals surface area contributed by atoms with Gasteiger partial charge in [0.25, 0.3) is 0 Å². The van der Waals surface area contributed by atoms with E-state index in [1.54, 1.807) is 6.07 Å². The minimum Gasteiger partial charge on any atom is -0.338 e. The van der Waals surface area contributed by atoms with E-state index in [0.717, 1.165) is 104 Å². The molecule has 0 radical (unpaired) electrons. The molecule has 5 aromatic carbocycles. The number of piperidine rings is 2. The van der Waals surface area contributed by atoms with Gasteiger partial charge in [-0.05, 0) is 159 Å². The van der Waals surface area contributed by atoms with Gasteiger partial charge in [0.1, 0.15) is 11.6 Å². The first kappa shape index (κ1) is 42.6. The molecule has 2 amide bonds. The summed E-state index contributed by atoms with van der Waals surface area (Å²) >= 11 is 18.7. The van der Waals surface area contributed by atoms with E-state index < -0.39 is 0 Å². The van der Waals surface area contributed by atoms with Gasteiger partial charge in [-0.1, -0.05) is 83.3 Å². The number of rotatable bonds is 8. The summed E-state index contributed by atoms with van der Waals surface area (Å²) in [5, 5.41) is 10.9. The van der Waals surface area contributed by atoms with Gasteiger partial charge >= 0.3 is 0 Å². The van der Waals surface area contributed by atoms with Crippen molar-refractivity contribution in [3.8, 4) is 0 Å². The lowest BCUT2D eigenvalue weighted by Crippen LogP contribution is -2.48. The van der Waals surface area contributed by atoms with E-state index in [4.69, 9.17) is 34.8 Å². The highest BCUT2D eigenvalue weighted by Gasteiger charge is 2.51. The van der Waals surface area contributed by atoms with Gasteiger partial charge in [0, 0.05) is 57.4 Å². The molecule has 0 spiro atoms. The van der Waals surface area contributed by atoms with Gasteiger partial charge in [-0.25, -0.2) is 8.78 Å². The fourth-order valence-electron chi connectivity index (χ4n) is 10.7. The Morgan fingerprint density at radius 1 is 0.650 bits per heavy atom. The first-order valence-electron chi connectivity index (χ1n) is 21.1. The number of hydrogen-bond donors (Lipinski definition) is 2. The number of halogens is 5. The first-order valence-corrected chi connectivity index (χ1v) is 22.3. The Hall–Kier alpha value is -4.05. The summed E-state index contributed by atoms with van der Waals surface area (Å²) in [6, 6.07) is 31.0. The Morgan fingerprint density at radius 2 is 1.15 bits per heavy atom. The molecular formula is C49H51Cl3F2N4O2. The Bertz CT molecular complexity index is 2310. The maximum atomic E-state index is 13.9. The van der Waals surface area contributed by atoms with Crippen molar-refractivity contribution in [3.63, 3.8) is 0 Å². The number of amides is 2. The van der Waals surface area contributed by atoms with Crippen molar-refractivity contribution < 1.29 is 18.4 Å². The summed E-state index contributed by atoms with van der Waals surface area (Å²) in [6.07, 6.45) is 5.16. The van der Waals surface area contributed by atoms with Crippen LogP contribution in [0.3, 0.4) is 0 Å². The highest BCUT2D eigenvalue weighted by molar-refractivity contribution is 6.34. The number of carbonyl (C=O) groups is 2. The normalized spacial score (nSPS) is 21.8. The number of likely N-dealkylation sites (tertiary alicyclic amines) is 2. The smallest absolute Gasteiger partial charge is 0.227 e. The van der Waals surface area contributed by atoms with Gasteiger partial charge in [-0.3, -0.25) is 9.59 Å². The van der Waals surface area contributed by atoms with Crippen molar-refractivity contribution >= 4 is 57.4 Å². The van der Waals surface area contributed by atoms with Crippen molar-refractivity contribution in [1.29, 1.82) is 0 Å². The third-order valence-electron chi connectivity index (χ3n) is 13.8. The van der Waals surface area contributed by atoms with Crippen LogP contribution >= 0.6 is 34.8 Å². The lowest BCUT2D eigenvalue weighted by molar-refractivity contribution is -0.135. The van der Waals surface area contributed by atoms with Crippen molar-refractivity contribution in [2.24, 2.45) is 11.8 Å². The standard InChI is InChI=1S/C27H28ClFN2O.C22H23Cl2FN2O/c1-18(24-17-21(28)16-19-4-2-3-5-23(19)24)31-15-10-25(26(31)32)27(11-13-30-14-12-27)20-6-8-22(29)9-7-20;23-17-11-15(12-18(24)13-17)14-27-10-5-20(21(27)28)22(6-8-26-9-7-22)16-1-3-19(25)4-2-16/h2-9,16-18,25,30H,10-15H2,1H3;1-4,11-13,20,26H,5-10,14H2/t18-,25?;/m0./s1. The fourth-order valence-corrected chi connectivity index (χ4v) is 11.5. The van der Waals surface area contributed by atoms with Crippen molar-refractivity contribution in [2.75, 3.05) is 39.3 Å². The molecule has 4 heterocycles. The Morgan fingerprint density at radius 3 is 1.72 bits per heavy atom. The van der Waals surface area contributed by atoms with E-state index >= 15 is 0 Å². The maximum absolute atomic E-state index is 13.9. The van der Waals surface area contributed by atoms with Gasteiger partial charge in [0.15, 0.2) is 0 Å². The van der Waals surface area contributed by atoms with Gasteiger partial charge in [-0.2, -0.15) is 0 Å². The molecular weight excluding hydrogens is 821 g/mol. The van der Waals surface area contributed by atoms with Crippen LogP contribution in [0, 0.1) is 23.5 Å². The second-order valence-corrected chi connectivity index (χ2v) is 18.3. The van der Waals surface area contributed by atoms with Crippen molar-refractivity contribution in [3.05, 3.63) is 152 Å². The second kappa shape index (κ2) is 18.1. The zero-order valence-corrected chi connectivity index (χ0v) is 36.1. The zero-order chi connectivity index (χ0) is 42.0. The molecule has 314 valence electrons. The largest absolute Gasteiger partial charge is 0.338 e. The molecule has 9 rings (SSSR count). The zero-order valence-electron chi connectivity index (χ0n) is 33.8. The molecule has 0 saturated carbocycles. The van der Waals surface area contributed by atoms with Crippen LogP contribution in [0.5, 0.6) is 0 Å². The average molecular weight is 872 g/mol. The van der Waals surface area contributed by atoms with Gasteiger partial charge < -0.3 is 20.4 Å². The van der Waals surface area contributed by atoms with Crippen LogP contribution < -0.4 is 10.6 Å². The van der Waals surface area contributed by atoms with E-state index in [1.807, 2.05) is 70.5 Å². The molecule has 60 heavy (non-hydrogen) atoms. The summed E-state index contributed by atoms with van der Waals surface area (Å²) in [6.45, 7) is 7.52. The molecule has 11 heteroatoms. The van der Waals surface area contributed by atoms with Crippen LogP contribution in [0.2, 0.25) is 15.1 Å². The highest BCUT2D eigenvalue weighted by atomic mass is 35.5. The van der Waals surface area contributed by atoms with Crippen molar-refractivity contribution in [2.45, 2.75) is 68.9 Å². The van der Waals surface area contributed by atoms with Gasteiger partial charge in [0.2, 0.25) is 11.8 Å². The molecule has 5 aromatic rings. The van der Waals surface area contributed by atoms with Crippen LogP contribution in [-0.2, 0) is 27.0 Å². The SMILES string of the molecule is C[C@@H](c1cc(Cl)cc2ccccc12)N1CCC(C2(c3ccc(F)cc3)CCNCC2)C1=O.O=C1C(C2(c3ccc(F)cc3)CCNCC2)CCN1Cc1cc(Cl)cc(Cl)c1. The second-order valence-electron chi connectivity index (χ2n) is 17.0. The molecule has 3 atom stereocenters. The minimum absolute atomic E-state index is 0.0666. The predicted octanol–water partition coefficient (Wildman–Crippen LogP) is 10.7. The molecule has 6 nitrogen and oxygen atoms in total. The number of nitrogens with zero attached hydrogens (tertiary/aromatic N) is 2. The fraction of sp³-hybridized carbons (Fsp3) is 0.388. The number of fused-ring (bicyclic) bond motifs is 1. The highest BCUT2D eigenvalue weighted by Crippen LogP contribution is 2.48. The number of hydrogen-bond acceptors (Lipinski definition) is 4. The first-order chi connectivity index (χ1) is 29.0. The summed E-state index contributed by atoms with van der Waals surface area (Å²) in [7, 11) is 0. The lowest BCUT2D eigenvalue weighted by atomic mass is 9.64.